The summed E-state index contributed by atoms with van der Waals surface area (Å²) in [7, 11) is 0. The minimum Gasteiger partial charge on any atom is -0.311 e. The quantitative estimate of drug-likeness (QED) is 0.150. The molecular formula is C75H49N3. The van der Waals surface area contributed by atoms with Gasteiger partial charge in [-0.15, -0.1) is 0 Å². The van der Waals surface area contributed by atoms with Crippen molar-refractivity contribution in [3.63, 3.8) is 0 Å². The maximum Gasteiger partial charge on any atom is 0.0726 e. The van der Waals surface area contributed by atoms with E-state index >= 15 is 0 Å². The lowest BCUT2D eigenvalue weighted by Gasteiger charge is -2.34. The van der Waals surface area contributed by atoms with Crippen molar-refractivity contribution in [2.24, 2.45) is 0 Å². The Morgan fingerprint density at radius 2 is 0.756 bits per heavy atom. The number of nitrogens with zero attached hydrogens (tertiary/aromatic N) is 3. The Kier molecular flexibility index (Phi) is 9.85. The number of rotatable bonds is 8. The highest BCUT2D eigenvalue weighted by molar-refractivity contribution is 6.14. The number of benzene rings is 13. The molecule has 0 amide bonds. The largest absolute Gasteiger partial charge is 0.311 e. The van der Waals surface area contributed by atoms with E-state index in [0.717, 1.165) is 51.1 Å². The molecule has 13 aromatic carbocycles. The van der Waals surface area contributed by atoms with Crippen LogP contribution in [0.15, 0.2) is 297 Å². The van der Waals surface area contributed by atoms with E-state index in [1.807, 2.05) is 0 Å². The molecule has 0 saturated carbocycles. The predicted octanol–water partition coefficient (Wildman–Crippen LogP) is 20.4. The first kappa shape index (κ1) is 44.1. The summed E-state index contributed by atoms with van der Waals surface area (Å²) in [5, 5.41) is 4.89. The van der Waals surface area contributed by atoms with Gasteiger partial charge in [0.1, 0.15) is 0 Å². The van der Waals surface area contributed by atoms with E-state index in [9.17, 15) is 0 Å². The van der Waals surface area contributed by atoms with Crippen LogP contribution in [0.5, 0.6) is 0 Å². The molecule has 1 aliphatic heterocycles. The molecule has 1 spiro atoms. The van der Waals surface area contributed by atoms with E-state index in [0.29, 0.717) is 0 Å². The van der Waals surface area contributed by atoms with Gasteiger partial charge < -0.3 is 14.7 Å². The van der Waals surface area contributed by atoms with Crippen LogP contribution in [0.4, 0.5) is 51.2 Å². The summed E-state index contributed by atoms with van der Waals surface area (Å²) < 4.78 is 0. The van der Waals surface area contributed by atoms with E-state index in [1.165, 1.54) is 88.4 Å². The SMILES string of the molecule is c1ccc(N(c2ccccc2)c2ccc(N3c4ccc(-c5ccc(N(c6ccc7c(c6)C6(c8ccccc8-c8ccccc86)c6ccccc6-7)c6cccc7ccccc67)cc5)cc4-c4cccc5cccc3c45)cc2)cc1. The van der Waals surface area contributed by atoms with Gasteiger partial charge in [-0.3, -0.25) is 0 Å². The van der Waals surface area contributed by atoms with E-state index in [1.54, 1.807) is 0 Å². The lowest BCUT2D eigenvalue weighted by atomic mass is 9.70. The minimum atomic E-state index is -0.453. The maximum atomic E-state index is 2.49. The first-order valence-electron chi connectivity index (χ1n) is 27.0. The summed E-state index contributed by atoms with van der Waals surface area (Å²) >= 11 is 0. The zero-order valence-corrected chi connectivity index (χ0v) is 42.6. The number of anilines is 9. The molecule has 0 bridgehead atoms. The molecule has 0 fully saturated rings. The third-order valence-corrected chi connectivity index (χ3v) is 16.8. The Morgan fingerprint density at radius 1 is 0.269 bits per heavy atom. The summed E-state index contributed by atoms with van der Waals surface area (Å²) in [6.45, 7) is 0. The molecule has 0 aromatic heterocycles. The third-order valence-electron chi connectivity index (χ3n) is 16.8. The van der Waals surface area contributed by atoms with Crippen LogP contribution in [0.1, 0.15) is 22.3 Å². The molecule has 3 heteroatoms. The van der Waals surface area contributed by atoms with Gasteiger partial charge in [0.2, 0.25) is 0 Å². The first-order valence-corrected chi connectivity index (χ1v) is 27.0. The third kappa shape index (κ3) is 6.52. The van der Waals surface area contributed by atoms with Gasteiger partial charge in [-0.1, -0.05) is 200 Å². The fourth-order valence-electron chi connectivity index (χ4n) is 13.5. The van der Waals surface area contributed by atoms with Crippen molar-refractivity contribution in [3.05, 3.63) is 320 Å². The fourth-order valence-corrected chi connectivity index (χ4v) is 13.5. The van der Waals surface area contributed by atoms with Gasteiger partial charge in [-0.05, 0) is 169 Å². The van der Waals surface area contributed by atoms with Crippen molar-refractivity contribution >= 4 is 72.7 Å². The molecule has 78 heavy (non-hydrogen) atoms. The zero-order chi connectivity index (χ0) is 51.3. The van der Waals surface area contributed by atoms with Crippen LogP contribution >= 0.6 is 0 Å². The fraction of sp³-hybridized carbons (Fsp3) is 0.0133. The second kappa shape index (κ2) is 17.4. The summed E-state index contributed by atoms with van der Waals surface area (Å²) in [6, 6.07) is 110. The van der Waals surface area contributed by atoms with Crippen LogP contribution in [-0.2, 0) is 5.41 Å². The van der Waals surface area contributed by atoms with Gasteiger partial charge in [0.05, 0.1) is 22.5 Å². The maximum absolute atomic E-state index is 2.49. The van der Waals surface area contributed by atoms with Gasteiger partial charge in [0, 0.05) is 50.5 Å². The molecular weight excluding hydrogens is 943 g/mol. The molecule has 16 rings (SSSR count). The first-order chi connectivity index (χ1) is 38.7. The van der Waals surface area contributed by atoms with Crippen LogP contribution in [0.25, 0.3) is 66.1 Å². The highest BCUT2D eigenvalue weighted by Gasteiger charge is 2.51. The second-order valence-corrected chi connectivity index (χ2v) is 20.8. The normalized spacial score (nSPS) is 12.9. The summed E-state index contributed by atoms with van der Waals surface area (Å²) in [4.78, 5) is 7.24. The van der Waals surface area contributed by atoms with Gasteiger partial charge in [0.25, 0.3) is 0 Å². The molecule has 3 nitrogen and oxygen atoms in total. The Labute approximate surface area is 454 Å². The van der Waals surface area contributed by atoms with Crippen molar-refractivity contribution in [3.8, 4) is 44.5 Å². The van der Waals surface area contributed by atoms with Gasteiger partial charge in [0.15, 0.2) is 0 Å². The molecule has 2 aliphatic carbocycles. The number of hydrogen-bond acceptors (Lipinski definition) is 3. The molecule has 0 atom stereocenters. The van der Waals surface area contributed by atoms with Crippen molar-refractivity contribution in [2.75, 3.05) is 14.7 Å². The molecule has 1 heterocycles. The van der Waals surface area contributed by atoms with Crippen LogP contribution in [0, 0.1) is 0 Å². The van der Waals surface area contributed by atoms with Crippen LogP contribution in [-0.4, -0.2) is 0 Å². The zero-order valence-electron chi connectivity index (χ0n) is 42.6. The topological polar surface area (TPSA) is 9.72 Å². The molecule has 0 radical (unpaired) electrons. The second-order valence-electron chi connectivity index (χ2n) is 20.8. The number of para-hydroxylation sites is 2. The Bertz CT molecular complexity index is 4390. The van der Waals surface area contributed by atoms with Crippen molar-refractivity contribution < 1.29 is 0 Å². The van der Waals surface area contributed by atoms with Crippen LogP contribution < -0.4 is 14.7 Å². The summed E-state index contributed by atoms with van der Waals surface area (Å²) in [5.41, 5.74) is 25.0. The lowest BCUT2D eigenvalue weighted by molar-refractivity contribution is 0.793. The monoisotopic (exact) mass is 991 g/mol. The molecule has 13 aromatic rings. The molecule has 0 saturated heterocycles. The van der Waals surface area contributed by atoms with E-state index < -0.39 is 5.41 Å². The van der Waals surface area contributed by atoms with Crippen molar-refractivity contribution in [2.45, 2.75) is 5.41 Å². The van der Waals surface area contributed by atoms with Crippen LogP contribution in [0.2, 0.25) is 0 Å². The molecule has 3 aliphatic rings. The molecule has 0 N–H and O–H groups in total. The summed E-state index contributed by atoms with van der Waals surface area (Å²) in [5.74, 6) is 0. The number of hydrogen-bond donors (Lipinski definition) is 0. The Hall–Kier alpha value is -10.2. The Morgan fingerprint density at radius 3 is 1.44 bits per heavy atom. The van der Waals surface area contributed by atoms with E-state index in [2.05, 4.69) is 312 Å². The average molecular weight is 992 g/mol. The average Bonchev–Trinajstić information content (AvgIpc) is 3.49. The standard InChI is InChI=1S/C75H49N3/c1-3-22-54(23-4-1)76(55-24-5-2-6-25-55)56-41-43-58(44-42-56)78-72-47-38-53(48-66(72)65-30-15-20-52-21-17-35-73(78)74(52)65)50-36-39-57(40-37-50)77(71-34-16-19-51-18-7-8-26-60(51)71)59-45-46-64-63-29-11-14-33-69(63)75(70(64)49-59)67-31-12-9-27-61(67)62-28-10-13-32-68(62)75/h1-49H. The lowest BCUT2D eigenvalue weighted by Crippen LogP contribution is -2.26. The Balaban J connectivity index is 0.816. The van der Waals surface area contributed by atoms with Gasteiger partial charge in [-0.25, -0.2) is 0 Å². The van der Waals surface area contributed by atoms with E-state index in [-0.39, 0.29) is 0 Å². The summed E-state index contributed by atoms with van der Waals surface area (Å²) in [6.07, 6.45) is 0. The van der Waals surface area contributed by atoms with Crippen molar-refractivity contribution in [1.29, 1.82) is 0 Å². The van der Waals surface area contributed by atoms with Gasteiger partial charge in [-0.2, -0.15) is 0 Å². The minimum absolute atomic E-state index is 0.453. The van der Waals surface area contributed by atoms with Crippen LogP contribution in [0.3, 0.4) is 0 Å². The van der Waals surface area contributed by atoms with Crippen molar-refractivity contribution in [1.82, 2.24) is 0 Å². The predicted molar refractivity (Wildman–Crippen MR) is 326 cm³/mol. The highest BCUT2D eigenvalue weighted by atomic mass is 15.2. The highest BCUT2D eigenvalue weighted by Crippen LogP contribution is 2.63. The number of fused-ring (bicyclic) bond motifs is 13. The van der Waals surface area contributed by atoms with Gasteiger partial charge >= 0.3 is 0 Å². The smallest absolute Gasteiger partial charge is 0.0726 e. The van der Waals surface area contributed by atoms with E-state index in [4.69, 9.17) is 0 Å². The molecule has 0 unspecified atom stereocenters. The molecule has 364 valence electrons.